The smallest absolute Gasteiger partial charge is 0.436 e. The molecule has 3 amide bonds. The first-order valence-electron chi connectivity index (χ1n) is 14.1. The maximum atomic E-state index is 14.0. The summed E-state index contributed by atoms with van der Waals surface area (Å²) in [5, 5.41) is 1.21. The van der Waals surface area contributed by atoms with E-state index >= 15 is 0 Å². The lowest BCUT2D eigenvalue weighted by Gasteiger charge is -2.53. The molecule has 2 aliphatic rings. The van der Waals surface area contributed by atoms with E-state index in [0.29, 0.717) is 13.0 Å². The third kappa shape index (κ3) is 6.79. The molecule has 4 rings (SSSR count). The highest BCUT2D eigenvalue weighted by Crippen LogP contribution is 2.32. The largest absolute Gasteiger partial charge is 0.448 e. The van der Waals surface area contributed by atoms with Gasteiger partial charge in [0.15, 0.2) is 12.3 Å². The van der Waals surface area contributed by atoms with Gasteiger partial charge in [-0.05, 0) is 30.4 Å². The van der Waals surface area contributed by atoms with Crippen molar-refractivity contribution in [3.8, 4) is 0 Å². The molecule has 1 unspecified atom stereocenters. The number of amides is 3. The van der Waals surface area contributed by atoms with Gasteiger partial charge in [-0.25, -0.2) is 4.79 Å². The molecule has 0 N–H and O–H groups in total. The predicted molar refractivity (Wildman–Crippen MR) is 148 cm³/mol. The Kier molecular flexibility index (Phi) is 9.62. The van der Waals surface area contributed by atoms with Crippen molar-refractivity contribution >= 4 is 17.9 Å². The van der Waals surface area contributed by atoms with Gasteiger partial charge < -0.3 is 14.5 Å². The highest BCUT2D eigenvalue weighted by atomic mass is 16.7. The van der Waals surface area contributed by atoms with Gasteiger partial charge in [-0.2, -0.15) is 5.06 Å². The molecule has 0 bridgehead atoms. The summed E-state index contributed by atoms with van der Waals surface area (Å²) in [4.78, 5) is 50.5. The van der Waals surface area contributed by atoms with Crippen molar-refractivity contribution in [1.82, 2.24) is 14.9 Å². The van der Waals surface area contributed by atoms with E-state index in [1.54, 1.807) is 9.80 Å². The first-order valence-corrected chi connectivity index (χ1v) is 14.1. The average Bonchev–Trinajstić information content (AvgIpc) is 2.92. The highest BCUT2D eigenvalue weighted by molar-refractivity contribution is 5.92. The number of hydrogen-bond donors (Lipinski definition) is 0. The van der Waals surface area contributed by atoms with Gasteiger partial charge in [-0.3, -0.25) is 14.4 Å². The minimum absolute atomic E-state index is 0.138. The van der Waals surface area contributed by atoms with E-state index in [1.165, 1.54) is 5.06 Å². The van der Waals surface area contributed by atoms with Crippen LogP contribution < -0.4 is 0 Å². The number of fused-ring (bicyclic) bond motifs is 1. The van der Waals surface area contributed by atoms with Gasteiger partial charge in [0.1, 0.15) is 6.04 Å². The fourth-order valence-corrected chi connectivity index (χ4v) is 5.19. The summed E-state index contributed by atoms with van der Waals surface area (Å²) in [7, 11) is 0. The van der Waals surface area contributed by atoms with Crippen LogP contribution in [0.3, 0.4) is 0 Å². The Bertz CT molecular complexity index is 1120. The van der Waals surface area contributed by atoms with Crippen LogP contribution in [0.2, 0.25) is 0 Å². The number of hydrogen-bond acceptors (Lipinski definition) is 5. The summed E-state index contributed by atoms with van der Waals surface area (Å²) in [6, 6.07) is 16.9. The van der Waals surface area contributed by atoms with E-state index in [0.717, 1.165) is 42.4 Å². The van der Waals surface area contributed by atoms with Gasteiger partial charge in [-0.1, -0.05) is 100 Å². The summed E-state index contributed by atoms with van der Waals surface area (Å²) in [5.41, 5.74) is 3.04. The summed E-state index contributed by atoms with van der Waals surface area (Å²) in [6.07, 6.45) is 1.96. The summed E-state index contributed by atoms with van der Waals surface area (Å²) in [5.74, 6) is -0.607. The Morgan fingerprint density at radius 2 is 1.69 bits per heavy atom. The van der Waals surface area contributed by atoms with Crippen LogP contribution in [0.4, 0.5) is 4.79 Å². The third-order valence-corrected chi connectivity index (χ3v) is 7.41. The molecule has 39 heavy (non-hydrogen) atoms. The normalized spacial score (nSPS) is 21.4. The van der Waals surface area contributed by atoms with Crippen molar-refractivity contribution in [3.63, 3.8) is 0 Å². The topological polar surface area (TPSA) is 79.4 Å². The first-order chi connectivity index (χ1) is 18.8. The summed E-state index contributed by atoms with van der Waals surface area (Å²) in [6.45, 7) is 8.68. The molecule has 0 aromatic heterocycles. The number of benzene rings is 2. The summed E-state index contributed by atoms with van der Waals surface area (Å²) < 4.78 is 5.61. The van der Waals surface area contributed by atoms with E-state index in [2.05, 4.69) is 6.92 Å². The first kappa shape index (κ1) is 28.6. The van der Waals surface area contributed by atoms with E-state index in [-0.39, 0.29) is 30.9 Å². The van der Waals surface area contributed by atoms with Crippen LogP contribution in [-0.2, 0) is 32.1 Å². The molecule has 8 nitrogen and oxygen atoms in total. The molecule has 2 fully saturated rings. The number of hydroxylamine groups is 2. The number of unbranched alkanes of at least 4 members (excludes halogenated alkanes) is 3. The van der Waals surface area contributed by atoms with Crippen molar-refractivity contribution < 1.29 is 24.0 Å². The minimum atomic E-state index is -0.886. The number of ether oxygens (including phenoxy) is 1. The zero-order valence-corrected chi connectivity index (χ0v) is 23.5. The Morgan fingerprint density at radius 1 is 0.974 bits per heavy atom. The Hall–Kier alpha value is -3.39. The average molecular weight is 536 g/mol. The van der Waals surface area contributed by atoms with Crippen LogP contribution in [0.15, 0.2) is 54.6 Å². The summed E-state index contributed by atoms with van der Waals surface area (Å²) >= 11 is 0. The van der Waals surface area contributed by atoms with Crippen LogP contribution >= 0.6 is 0 Å². The Balaban J connectivity index is 1.66. The number of nitrogens with zero attached hydrogens (tertiary/aromatic N) is 3. The van der Waals surface area contributed by atoms with Crippen molar-refractivity contribution in [3.05, 3.63) is 71.3 Å². The lowest BCUT2D eigenvalue weighted by atomic mass is 9.95. The minimum Gasteiger partial charge on any atom is -0.448 e. The number of aryl methyl sites for hydroxylation is 1. The maximum Gasteiger partial charge on any atom is 0.436 e. The number of carbonyl (C=O) groups is 3. The lowest BCUT2D eigenvalue weighted by molar-refractivity contribution is -0.273. The molecule has 2 aromatic rings. The fourth-order valence-electron chi connectivity index (χ4n) is 5.19. The van der Waals surface area contributed by atoms with Crippen molar-refractivity contribution in [2.45, 2.75) is 84.7 Å². The van der Waals surface area contributed by atoms with Crippen LogP contribution in [0.5, 0.6) is 0 Å². The third-order valence-electron chi connectivity index (χ3n) is 7.41. The van der Waals surface area contributed by atoms with Crippen molar-refractivity contribution in [2.24, 2.45) is 5.92 Å². The molecule has 3 atom stereocenters. The zero-order valence-electron chi connectivity index (χ0n) is 23.5. The molecule has 8 heteroatoms. The Morgan fingerprint density at radius 3 is 2.36 bits per heavy atom. The van der Waals surface area contributed by atoms with Gasteiger partial charge in [0.25, 0.3) is 5.91 Å². The standard InChI is InChI=1S/C31H41N3O5/c1-5-6-7-11-18-38-31(37)34-27-21-32(20-25-12-9-8-10-13-25)29(35)26(19-24-16-14-23(4)15-17-24)33(27)30(36)28(39-34)22(2)3/h8-10,12-17,22,26-28H,5-7,11,18-21H2,1-4H3/t26-,27?,28-/m0/s1. The molecule has 0 aliphatic carbocycles. The molecule has 0 radical (unpaired) electrons. The van der Waals surface area contributed by atoms with Crippen molar-refractivity contribution in [2.75, 3.05) is 13.2 Å². The number of carbonyl (C=O) groups excluding carboxylic acids is 3. The van der Waals surface area contributed by atoms with Gasteiger partial charge in [0.05, 0.1) is 13.2 Å². The second kappa shape index (κ2) is 13.1. The molecule has 0 spiro atoms. The zero-order chi connectivity index (χ0) is 27.9. The number of rotatable bonds is 10. The second-order valence-electron chi connectivity index (χ2n) is 10.9. The van der Waals surface area contributed by atoms with Gasteiger partial charge in [0, 0.05) is 13.0 Å². The van der Waals surface area contributed by atoms with Crippen LogP contribution in [0, 0.1) is 12.8 Å². The van der Waals surface area contributed by atoms with Crippen LogP contribution in [0.1, 0.15) is 63.1 Å². The van der Waals surface area contributed by atoms with Gasteiger partial charge >= 0.3 is 6.09 Å². The second-order valence-corrected chi connectivity index (χ2v) is 10.9. The Labute approximate surface area is 231 Å². The van der Waals surface area contributed by atoms with E-state index < -0.39 is 24.4 Å². The number of piperazine rings is 1. The quantitative estimate of drug-likeness (QED) is 0.396. The van der Waals surface area contributed by atoms with E-state index in [9.17, 15) is 14.4 Å². The predicted octanol–water partition coefficient (Wildman–Crippen LogP) is 5.09. The molecule has 2 aromatic carbocycles. The molecular formula is C31H41N3O5. The van der Waals surface area contributed by atoms with Crippen molar-refractivity contribution in [1.29, 1.82) is 0 Å². The molecular weight excluding hydrogens is 494 g/mol. The molecule has 2 aliphatic heterocycles. The fraction of sp³-hybridized carbons (Fsp3) is 0.516. The van der Waals surface area contributed by atoms with Gasteiger partial charge in [0.2, 0.25) is 5.91 Å². The van der Waals surface area contributed by atoms with E-state index in [1.807, 2.05) is 75.4 Å². The monoisotopic (exact) mass is 535 g/mol. The molecule has 0 saturated carbocycles. The van der Waals surface area contributed by atoms with Crippen LogP contribution in [-0.4, -0.2) is 64.2 Å². The molecule has 2 heterocycles. The van der Waals surface area contributed by atoms with Gasteiger partial charge in [-0.15, -0.1) is 0 Å². The SMILES string of the molecule is CCCCCCOC(=O)N1O[C@@H](C(C)C)C(=O)N2C1CN(Cc1ccccc1)C(=O)[C@@H]2Cc1ccc(C)cc1. The molecule has 210 valence electrons. The van der Waals surface area contributed by atoms with E-state index in [4.69, 9.17) is 9.57 Å². The highest BCUT2D eigenvalue weighted by Gasteiger charge is 2.53. The maximum absolute atomic E-state index is 14.0. The molecule has 2 saturated heterocycles. The lowest BCUT2D eigenvalue weighted by Crippen LogP contribution is -2.74. The van der Waals surface area contributed by atoms with Crippen LogP contribution in [0.25, 0.3) is 0 Å².